The molecule has 6 nitrogen and oxygen atoms in total. The van der Waals surface area contributed by atoms with Crippen LogP contribution in [0.5, 0.6) is 0 Å². The van der Waals surface area contributed by atoms with Gasteiger partial charge in [-0.25, -0.2) is 0 Å². The summed E-state index contributed by atoms with van der Waals surface area (Å²) in [5.74, 6) is 0.820. The molecule has 0 aliphatic rings. The summed E-state index contributed by atoms with van der Waals surface area (Å²) >= 11 is 0. The average Bonchev–Trinajstić information content (AvgIpc) is 3.26. The summed E-state index contributed by atoms with van der Waals surface area (Å²) in [4.78, 5) is 38.0. The second kappa shape index (κ2) is 48.9. The van der Waals surface area contributed by atoms with Gasteiger partial charge in [-0.15, -0.1) is 0 Å². The zero-order chi connectivity index (χ0) is 45.4. The van der Waals surface area contributed by atoms with Crippen LogP contribution in [-0.4, -0.2) is 37.2 Å². The summed E-state index contributed by atoms with van der Waals surface area (Å²) in [6, 6.07) is 0. The minimum Gasteiger partial charge on any atom is -0.462 e. The Hall–Kier alpha value is -1.59. The van der Waals surface area contributed by atoms with Gasteiger partial charge in [-0.2, -0.15) is 0 Å². The van der Waals surface area contributed by atoms with Crippen molar-refractivity contribution in [2.75, 3.05) is 13.2 Å². The molecule has 0 bridgehead atoms. The molecule has 62 heavy (non-hydrogen) atoms. The van der Waals surface area contributed by atoms with Crippen LogP contribution in [-0.2, 0) is 28.6 Å². The molecule has 0 aliphatic carbocycles. The third-order valence-electron chi connectivity index (χ3n) is 13.1. The predicted molar refractivity (Wildman–Crippen MR) is 266 cm³/mol. The highest BCUT2D eigenvalue weighted by Crippen LogP contribution is 2.18. The summed E-state index contributed by atoms with van der Waals surface area (Å²) < 4.78 is 16.8. The number of unbranched alkanes of at least 4 members (excludes halogenated alkanes) is 34. The van der Waals surface area contributed by atoms with Crippen LogP contribution >= 0.6 is 0 Å². The van der Waals surface area contributed by atoms with Gasteiger partial charge in [0.05, 0.1) is 0 Å². The molecular weight excluding hydrogens is 769 g/mol. The Labute approximate surface area is 387 Å². The maximum Gasteiger partial charge on any atom is 0.306 e. The molecule has 0 aliphatic heterocycles. The zero-order valence-electron chi connectivity index (χ0n) is 42.5. The van der Waals surface area contributed by atoms with Crippen molar-refractivity contribution in [1.82, 2.24) is 0 Å². The van der Waals surface area contributed by atoms with E-state index in [0.717, 1.165) is 69.6 Å². The quantitative estimate of drug-likeness (QED) is 0.0344. The lowest BCUT2D eigenvalue weighted by molar-refractivity contribution is -0.167. The van der Waals surface area contributed by atoms with E-state index in [1.807, 2.05) is 0 Å². The maximum absolute atomic E-state index is 12.8. The molecule has 368 valence electrons. The Balaban J connectivity index is 4.27. The molecule has 2 atom stereocenters. The van der Waals surface area contributed by atoms with E-state index >= 15 is 0 Å². The van der Waals surface area contributed by atoms with Crippen molar-refractivity contribution in [2.24, 2.45) is 11.8 Å². The Morgan fingerprint density at radius 1 is 0.339 bits per heavy atom. The van der Waals surface area contributed by atoms with Gasteiger partial charge in [-0.1, -0.05) is 272 Å². The Morgan fingerprint density at radius 2 is 0.613 bits per heavy atom. The van der Waals surface area contributed by atoms with Gasteiger partial charge in [-0.3, -0.25) is 14.4 Å². The predicted octanol–water partition coefficient (Wildman–Crippen LogP) is 18.1. The summed E-state index contributed by atoms with van der Waals surface area (Å²) in [5, 5.41) is 0. The highest BCUT2D eigenvalue weighted by Gasteiger charge is 2.19. The van der Waals surface area contributed by atoms with Crippen molar-refractivity contribution in [1.29, 1.82) is 0 Å². The van der Waals surface area contributed by atoms with Gasteiger partial charge in [0.15, 0.2) is 6.10 Å². The van der Waals surface area contributed by atoms with Gasteiger partial charge < -0.3 is 14.2 Å². The van der Waals surface area contributed by atoms with E-state index < -0.39 is 6.10 Å². The molecule has 0 aromatic heterocycles. The first-order valence-corrected chi connectivity index (χ1v) is 27.8. The molecule has 1 unspecified atom stereocenters. The lowest BCUT2D eigenvalue weighted by atomic mass is 9.99. The Morgan fingerprint density at radius 3 is 0.919 bits per heavy atom. The van der Waals surface area contributed by atoms with Crippen LogP contribution < -0.4 is 0 Å². The van der Waals surface area contributed by atoms with Crippen molar-refractivity contribution in [3.8, 4) is 0 Å². The lowest BCUT2D eigenvalue weighted by Crippen LogP contribution is -2.30. The lowest BCUT2D eigenvalue weighted by Gasteiger charge is -2.18. The third kappa shape index (κ3) is 47.9. The monoisotopic (exact) mass is 877 g/mol. The van der Waals surface area contributed by atoms with Crippen LogP contribution in [0.2, 0.25) is 0 Å². The molecule has 0 aromatic rings. The van der Waals surface area contributed by atoms with E-state index in [1.165, 1.54) is 199 Å². The van der Waals surface area contributed by atoms with Crippen LogP contribution in [0.4, 0.5) is 0 Å². The number of rotatable bonds is 50. The van der Waals surface area contributed by atoms with Gasteiger partial charge in [0, 0.05) is 19.3 Å². The van der Waals surface area contributed by atoms with E-state index in [9.17, 15) is 14.4 Å². The Bertz CT molecular complexity index is 949. The standard InChI is InChI=1S/C56H108O6/c1-6-8-9-10-11-12-13-14-15-16-17-18-19-20-21-26-33-38-43-48-56(59)62-53(50-61-55(58)47-42-37-32-28-27-29-34-39-44-51(3)4)49-60-54(57)46-41-36-31-25-23-22-24-30-35-40-45-52(5)7-2/h51-53H,6-50H2,1-5H3/t52?,53-/m1/s1. The van der Waals surface area contributed by atoms with E-state index in [0.29, 0.717) is 19.3 Å². The SMILES string of the molecule is CCCCCCCCCCCCCCCCCCCCCC(=O)O[C@H](COC(=O)CCCCCCCCCCCCC(C)CC)COC(=O)CCCCCCCCCCC(C)C. The van der Waals surface area contributed by atoms with Crippen LogP contribution in [0.1, 0.15) is 311 Å². The first-order valence-electron chi connectivity index (χ1n) is 27.8. The summed E-state index contributed by atoms with van der Waals surface area (Å²) in [5.41, 5.74) is 0. The van der Waals surface area contributed by atoms with Gasteiger partial charge >= 0.3 is 17.9 Å². The summed E-state index contributed by atoms with van der Waals surface area (Å²) in [7, 11) is 0. The fourth-order valence-corrected chi connectivity index (χ4v) is 8.49. The average molecular weight is 877 g/mol. The molecule has 0 amide bonds. The van der Waals surface area contributed by atoms with Gasteiger partial charge in [0.25, 0.3) is 0 Å². The molecule has 0 saturated heterocycles. The van der Waals surface area contributed by atoms with Gasteiger partial charge in [-0.05, 0) is 31.1 Å². The van der Waals surface area contributed by atoms with Crippen LogP contribution in [0, 0.1) is 11.8 Å². The number of esters is 3. The Kier molecular flexibility index (Phi) is 47.6. The maximum atomic E-state index is 12.8. The molecule has 0 N–H and O–H groups in total. The van der Waals surface area contributed by atoms with E-state index in [1.54, 1.807) is 0 Å². The third-order valence-corrected chi connectivity index (χ3v) is 13.1. The highest BCUT2D eigenvalue weighted by atomic mass is 16.6. The van der Waals surface area contributed by atoms with Crippen LogP contribution in [0.3, 0.4) is 0 Å². The second-order valence-electron chi connectivity index (χ2n) is 19.9. The first-order chi connectivity index (χ1) is 30.3. The number of ether oxygens (including phenoxy) is 3. The van der Waals surface area contributed by atoms with Crippen molar-refractivity contribution in [3.63, 3.8) is 0 Å². The molecule has 0 saturated carbocycles. The van der Waals surface area contributed by atoms with Gasteiger partial charge in [0.2, 0.25) is 0 Å². The normalized spacial score (nSPS) is 12.5. The molecule has 0 radical (unpaired) electrons. The van der Waals surface area contributed by atoms with E-state index in [-0.39, 0.29) is 31.1 Å². The summed E-state index contributed by atoms with van der Waals surface area (Å²) in [6.45, 7) is 11.4. The molecule has 0 rings (SSSR count). The molecular formula is C56H108O6. The molecule has 0 spiro atoms. The molecule has 0 fully saturated rings. The smallest absolute Gasteiger partial charge is 0.306 e. The number of carbonyl (C=O) groups is 3. The van der Waals surface area contributed by atoms with Crippen LogP contribution in [0.15, 0.2) is 0 Å². The molecule has 6 heteroatoms. The fourth-order valence-electron chi connectivity index (χ4n) is 8.49. The zero-order valence-corrected chi connectivity index (χ0v) is 42.5. The van der Waals surface area contributed by atoms with Crippen molar-refractivity contribution in [2.45, 2.75) is 317 Å². The van der Waals surface area contributed by atoms with Crippen molar-refractivity contribution in [3.05, 3.63) is 0 Å². The van der Waals surface area contributed by atoms with Crippen LogP contribution in [0.25, 0.3) is 0 Å². The number of hydrogen-bond acceptors (Lipinski definition) is 6. The highest BCUT2D eigenvalue weighted by molar-refractivity contribution is 5.71. The number of hydrogen-bond donors (Lipinski definition) is 0. The minimum absolute atomic E-state index is 0.0639. The largest absolute Gasteiger partial charge is 0.462 e. The minimum atomic E-state index is -0.763. The molecule has 0 aromatic carbocycles. The second-order valence-corrected chi connectivity index (χ2v) is 19.9. The van der Waals surface area contributed by atoms with Crippen molar-refractivity contribution >= 4 is 17.9 Å². The number of carbonyl (C=O) groups excluding carboxylic acids is 3. The first kappa shape index (κ1) is 60.4. The summed E-state index contributed by atoms with van der Waals surface area (Å²) in [6.07, 6.45) is 50.9. The van der Waals surface area contributed by atoms with E-state index in [2.05, 4.69) is 34.6 Å². The topological polar surface area (TPSA) is 78.9 Å². The fraction of sp³-hybridized carbons (Fsp3) is 0.946. The molecule has 0 heterocycles. The van der Waals surface area contributed by atoms with Gasteiger partial charge in [0.1, 0.15) is 13.2 Å². The van der Waals surface area contributed by atoms with Crippen molar-refractivity contribution < 1.29 is 28.6 Å². The van der Waals surface area contributed by atoms with E-state index in [4.69, 9.17) is 14.2 Å².